The number of anilines is 1. The van der Waals surface area contributed by atoms with E-state index in [0.29, 0.717) is 11.0 Å². The third-order valence-corrected chi connectivity index (χ3v) is 3.86. The van der Waals surface area contributed by atoms with Gasteiger partial charge in [-0.05, 0) is 45.3 Å². The van der Waals surface area contributed by atoms with Crippen molar-refractivity contribution < 1.29 is 13.7 Å². The molecule has 0 aromatic heterocycles. The molecule has 1 aromatic rings. The fraction of sp³-hybridized carbons (Fsp3) is 0.462. The van der Waals surface area contributed by atoms with Crippen molar-refractivity contribution >= 4 is 24.5 Å². The predicted molar refractivity (Wildman–Crippen MR) is 74.4 cm³/mol. The van der Waals surface area contributed by atoms with Gasteiger partial charge in [0.05, 0.1) is 11.2 Å². The summed E-state index contributed by atoms with van der Waals surface area (Å²) < 4.78 is 25.2. The molecule has 1 aliphatic heterocycles. The Bertz CT molecular complexity index is 516. The Balaban J connectivity index is 2.47. The minimum absolute atomic E-state index is 0.208. The molecular formula is C13H18BFN2O2. The van der Waals surface area contributed by atoms with Gasteiger partial charge in [0.1, 0.15) is 5.82 Å². The van der Waals surface area contributed by atoms with E-state index in [-0.39, 0.29) is 5.69 Å². The molecule has 0 radical (unpaired) electrons. The first kappa shape index (κ1) is 14.0. The van der Waals surface area contributed by atoms with Crippen molar-refractivity contribution in [2.45, 2.75) is 38.9 Å². The van der Waals surface area contributed by atoms with Gasteiger partial charge < -0.3 is 20.5 Å². The second-order valence-corrected chi connectivity index (χ2v) is 5.73. The molecule has 1 aliphatic rings. The van der Waals surface area contributed by atoms with Gasteiger partial charge in [0.25, 0.3) is 0 Å². The molecular weight excluding hydrogens is 246 g/mol. The number of benzene rings is 1. The lowest BCUT2D eigenvalue weighted by molar-refractivity contribution is 0.00578. The first-order chi connectivity index (χ1) is 8.68. The Hall–Kier alpha value is -1.40. The van der Waals surface area contributed by atoms with Crippen LogP contribution in [0.3, 0.4) is 0 Å². The molecule has 0 spiro atoms. The quantitative estimate of drug-likeness (QED) is 0.485. The first-order valence-corrected chi connectivity index (χ1v) is 6.13. The summed E-state index contributed by atoms with van der Waals surface area (Å²) in [6, 6.07) is 2.49. The van der Waals surface area contributed by atoms with Crippen LogP contribution in [-0.4, -0.2) is 24.5 Å². The summed E-state index contributed by atoms with van der Waals surface area (Å²) in [7, 11) is -0.723. The minimum atomic E-state index is -0.723. The van der Waals surface area contributed by atoms with Crippen LogP contribution in [0.1, 0.15) is 33.3 Å². The van der Waals surface area contributed by atoms with E-state index in [1.165, 1.54) is 12.1 Å². The Morgan fingerprint density at radius 1 is 1.21 bits per heavy atom. The molecule has 1 heterocycles. The highest BCUT2D eigenvalue weighted by atomic mass is 19.1. The molecule has 0 amide bonds. The van der Waals surface area contributed by atoms with Crippen LogP contribution in [0, 0.1) is 11.2 Å². The van der Waals surface area contributed by atoms with Crippen molar-refractivity contribution in [3.8, 4) is 0 Å². The molecule has 2 rings (SSSR count). The highest BCUT2D eigenvalue weighted by Crippen LogP contribution is 2.36. The average Bonchev–Trinajstić information content (AvgIpc) is 2.47. The number of hydrogen-bond acceptors (Lipinski definition) is 4. The monoisotopic (exact) mass is 264 g/mol. The minimum Gasteiger partial charge on any atom is -0.399 e. The maximum absolute atomic E-state index is 13.5. The van der Waals surface area contributed by atoms with Crippen LogP contribution in [-0.2, 0) is 9.31 Å². The molecule has 1 saturated heterocycles. The number of rotatable bonds is 2. The van der Waals surface area contributed by atoms with Gasteiger partial charge in [0, 0.05) is 17.5 Å². The van der Waals surface area contributed by atoms with Gasteiger partial charge in [-0.1, -0.05) is 0 Å². The van der Waals surface area contributed by atoms with Crippen LogP contribution in [0.25, 0.3) is 0 Å². The van der Waals surface area contributed by atoms with E-state index in [2.05, 4.69) is 0 Å². The molecule has 0 bridgehead atoms. The third kappa shape index (κ3) is 2.26. The third-order valence-electron chi connectivity index (χ3n) is 3.86. The fourth-order valence-electron chi connectivity index (χ4n) is 1.99. The summed E-state index contributed by atoms with van der Waals surface area (Å²) >= 11 is 0. The van der Waals surface area contributed by atoms with Crippen molar-refractivity contribution in [3.63, 3.8) is 0 Å². The summed E-state index contributed by atoms with van der Waals surface area (Å²) in [5.41, 5.74) is 5.79. The highest BCUT2D eigenvalue weighted by molar-refractivity contribution is 6.63. The molecule has 3 N–H and O–H groups in total. The predicted octanol–water partition coefficient (Wildman–Crippen LogP) is 1.70. The molecule has 0 atom stereocenters. The lowest BCUT2D eigenvalue weighted by Crippen LogP contribution is -2.41. The van der Waals surface area contributed by atoms with Gasteiger partial charge in [-0.2, -0.15) is 0 Å². The number of nitrogens with two attached hydrogens (primary N) is 1. The largest absolute Gasteiger partial charge is 0.495 e. The van der Waals surface area contributed by atoms with E-state index >= 15 is 0 Å². The smallest absolute Gasteiger partial charge is 0.399 e. The number of nitrogens with one attached hydrogen (secondary N) is 1. The van der Waals surface area contributed by atoms with Crippen molar-refractivity contribution in [2.24, 2.45) is 0 Å². The second kappa shape index (κ2) is 4.32. The molecule has 4 nitrogen and oxygen atoms in total. The Kier molecular flexibility index (Phi) is 3.19. The Labute approximate surface area is 112 Å². The summed E-state index contributed by atoms with van der Waals surface area (Å²) in [5.74, 6) is -0.465. The van der Waals surface area contributed by atoms with Gasteiger partial charge in [0.15, 0.2) is 0 Å². The van der Waals surface area contributed by atoms with Gasteiger partial charge in [0.2, 0.25) is 0 Å². The van der Waals surface area contributed by atoms with Crippen LogP contribution < -0.4 is 11.2 Å². The standard InChI is InChI=1S/C13H18BFN2O2/c1-12(2)13(3,4)19-14(18-12)10-5-8(15)6-11(17)9(10)7-16/h5-7,16H,17H2,1-4H3. The summed E-state index contributed by atoms with van der Waals surface area (Å²) in [6.07, 6.45) is 1.09. The lowest BCUT2D eigenvalue weighted by Gasteiger charge is -2.32. The Morgan fingerprint density at radius 2 is 1.74 bits per heavy atom. The van der Waals surface area contributed by atoms with Crippen molar-refractivity contribution in [3.05, 3.63) is 23.5 Å². The molecule has 6 heteroatoms. The Morgan fingerprint density at radius 3 is 2.21 bits per heavy atom. The zero-order chi connectivity index (χ0) is 14.4. The van der Waals surface area contributed by atoms with E-state index < -0.39 is 24.1 Å². The zero-order valence-corrected chi connectivity index (χ0v) is 11.6. The molecule has 0 saturated carbocycles. The van der Waals surface area contributed by atoms with Crippen molar-refractivity contribution in [1.29, 1.82) is 5.41 Å². The number of halogens is 1. The summed E-state index contributed by atoms with van der Waals surface area (Å²) in [6.45, 7) is 7.67. The average molecular weight is 264 g/mol. The highest BCUT2D eigenvalue weighted by Gasteiger charge is 2.52. The van der Waals surface area contributed by atoms with Gasteiger partial charge in [-0.3, -0.25) is 0 Å². The van der Waals surface area contributed by atoms with E-state index in [4.69, 9.17) is 20.5 Å². The number of hydrogen-bond donors (Lipinski definition) is 2. The van der Waals surface area contributed by atoms with Crippen molar-refractivity contribution in [1.82, 2.24) is 0 Å². The summed E-state index contributed by atoms with van der Waals surface area (Å²) in [4.78, 5) is 0. The van der Waals surface area contributed by atoms with E-state index in [9.17, 15) is 4.39 Å². The molecule has 0 aliphatic carbocycles. The van der Waals surface area contributed by atoms with E-state index in [1.54, 1.807) is 0 Å². The van der Waals surface area contributed by atoms with Gasteiger partial charge in [-0.25, -0.2) is 4.39 Å². The second-order valence-electron chi connectivity index (χ2n) is 5.73. The summed E-state index contributed by atoms with van der Waals surface area (Å²) in [5, 5.41) is 7.42. The maximum atomic E-state index is 13.5. The molecule has 1 fully saturated rings. The number of nitrogen functional groups attached to an aromatic ring is 1. The zero-order valence-electron chi connectivity index (χ0n) is 11.6. The van der Waals surface area contributed by atoms with Crippen molar-refractivity contribution in [2.75, 3.05) is 5.73 Å². The fourth-order valence-corrected chi connectivity index (χ4v) is 1.99. The van der Waals surface area contributed by atoms with Crippen LogP contribution in [0.4, 0.5) is 10.1 Å². The van der Waals surface area contributed by atoms with Gasteiger partial charge in [-0.15, -0.1) is 0 Å². The lowest BCUT2D eigenvalue weighted by atomic mass is 9.75. The molecule has 1 aromatic carbocycles. The van der Waals surface area contributed by atoms with E-state index in [0.717, 1.165) is 6.21 Å². The van der Waals surface area contributed by atoms with E-state index in [1.807, 2.05) is 27.7 Å². The normalized spacial score (nSPS) is 20.6. The van der Waals surface area contributed by atoms with Crippen LogP contribution in [0.2, 0.25) is 0 Å². The first-order valence-electron chi connectivity index (χ1n) is 6.13. The van der Waals surface area contributed by atoms with Gasteiger partial charge >= 0.3 is 7.12 Å². The van der Waals surface area contributed by atoms with Crippen LogP contribution in [0.5, 0.6) is 0 Å². The molecule has 19 heavy (non-hydrogen) atoms. The van der Waals surface area contributed by atoms with Crippen LogP contribution in [0.15, 0.2) is 12.1 Å². The molecule has 0 unspecified atom stereocenters. The topological polar surface area (TPSA) is 68.3 Å². The maximum Gasteiger partial charge on any atom is 0.495 e. The molecule has 102 valence electrons. The van der Waals surface area contributed by atoms with Crippen LogP contribution >= 0.6 is 0 Å². The SMILES string of the molecule is CC1(C)OB(c2cc(F)cc(N)c2C=N)OC1(C)C.